The molecule has 3 rings (SSSR count). The van der Waals surface area contributed by atoms with Crippen molar-refractivity contribution in [2.24, 2.45) is 0 Å². The molecule has 0 bridgehead atoms. The number of halogens is 1. The summed E-state index contributed by atoms with van der Waals surface area (Å²) in [6.07, 6.45) is 1.53. The van der Waals surface area contributed by atoms with Crippen LogP contribution in [0.2, 0.25) is 0 Å². The highest BCUT2D eigenvalue weighted by molar-refractivity contribution is 9.10. The molecule has 1 aliphatic rings. The Morgan fingerprint density at radius 2 is 1.77 bits per heavy atom. The van der Waals surface area contributed by atoms with Crippen molar-refractivity contribution in [1.29, 1.82) is 5.26 Å². The van der Waals surface area contributed by atoms with E-state index < -0.39 is 5.91 Å². The first kappa shape index (κ1) is 18.0. The Hall–Kier alpha value is -2.78. The number of benzene rings is 2. The fraction of sp³-hybridized carbons (Fsp3) is 0.200. The average molecular weight is 413 g/mol. The summed E-state index contributed by atoms with van der Waals surface area (Å²) in [4.78, 5) is 12.6. The first-order chi connectivity index (χ1) is 12.4. The maximum Gasteiger partial charge on any atom is 0.266 e. The van der Waals surface area contributed by atoms with Crippen molar-refractivity contribution < 1.29 is 14.3 Å². The Bertz CT molecular complexity index is 951. The van der Waals surface area contributed by atoms with E-state index >= 15 is 0 Å². The van der Waals surface area contributed by atoms with Gasteiger partial charge in [-0.2, -0.15) is 5.26 Å². The number of amides is 1. The molecule has 0 fully saturated rings. The van der Waals surface area contributed by atoms with Gasteiger partial charge in [0.2, 0.25) is 6.79 Å². The zero-order valence-corrected chi connectivity index (χ0v) is 16.2. The number of nitrogens with one attached hydrogen (secondary N) is 1. The van der Waals surface area contributed by atoms with Crippen LogP contribution >= 0.6 is 15.9 Å². The standard InChI is InChI=1S/C20H17BrN2O3/c1-11-4-12(2)19(13(3)5-11)23-20(24)15(9-22)6-14-7-17-18(8-16(14)21)26-10-25-17/h4-8H,10H2,1-3H3,(H,23,24)/b15-6+. The molecule has 0 radical (unpaired) electrons. The number of carbonyl (C=O) groups is 1. The largest absolute Gasteiger partial charge is 0.454 e. The van der Waals surface area contributed by atoms with Crippen molar-refractivity contribution >= 4 is 33.6 Å². The van der Waals surface area contributed by atoms with Crippen LogP contribution in [0, 0.1) is 32.1 Å². The quantitative estimate of drug-likeness (QED) is 0.588. The second-order valence-electron chi connectivity index (χ2n) is 6.12. The monoisotopic (exact) mass is 412 g/mol. The van der Waals surface area contributed by atoms with Crippen molar-refractivity contribution in [2.45, 2.75) is 20.8 Å². The minimum atomic E-state index is -0.452. The number of ether oxygens (including phenoxy) is 2. The first-order valence-electron chi connectivity index (χ1n) is 7.99. The number of nitrogens with zero attached hydrogens (tertiary/aromatic N) is 1. The molecule has 132 valence electrons. The number of rotatable bonds is 3. The molecule has 0 spiro atoms. The molecule has 2 aromatic carbocycles. The predicted octanol–water partition coefficient (Wildman–Crippen LogP) is 4.65. The molecule has 0 atom stereocenters. The number of hydrogen-bond donors (Lipinski definition) is 1. The minimum Gasteiger partial charge on any atom is -0.454 e. The van der Waals surface area contributed by atoms with Gasteiger partial charge in [0.05, 0.1) is 0 Å². The number of anilines is 1. The van der Waals surface area contributed by atoms with Crippen LogP contribution in [0.25, 0.3) is 6.08 Å². The molecule has 1 heterocycles. The van der Waals surface area contributed by atoms with Crippen molar-refractivity contribution in [1.82, 2.24) is 0 Å². The van der Waals surface area contributed by atoms with Crippen molar-refractivity contribution in [3.8, 4) is 17.6 Å². The highest BCUT2D eigenvalue weighted by Gasteiger charge is 2.18. The van der Waals surface area contributed by atoms with Crippen molar-refractivity contribution in [3.05, 3.63) is 56.6 Å². The Balaban J connectivity index is 1.91. The summed E-state index contributed by atoms with van der Waals surface area (Å²) in [7, 11) is 0. The van der Waals surface area contributed by atoms with Gasteiger partial charge >= 0.3 is 0 Å². The lowest BCUT2D eigenvalue weighted by Gasteiger charge is -2.12. The zero-order chi connectivity index (χ0) is 18.8. The van der Waals surface area contributed by atoms with Gasteiger partial charge < -0.3 is 14.8 Å². The average Bonchev–Trinajstić information content (AvgIpc) is 3.02. The molecular weight excluding hydrogens is 396 g/mol. The SMILES string of the molecule is Cc1cc(C)c(NC(=O)/C(C#N)=C/c2cc3c(cc2Br)OCO3)c(C)c1. The topological polar surface area (TPSA) is 71.4 Å². The molecule has 6 heteroatoms. The highest BCUT2D eigenvalue weighted by Crippen LogP contribution is 2.37. The minimum absolute atomic E-state index is 0.00365. The predicted molar refractivity (Wildman–Crippen MR) is 103 cm³/mol. The summed E-state index contributed by atoms with van der Waals surface area (Å²) in [6.45, 7) is 6.02. The number of hydrogen-bond acceptors (Lipinski definition) is 4. The molecule has 0 saturated heterocycles. The molecule has 0 saturated carbocycles. The Kier molecular flexibility index (Phi) is 5.01. The number of fused-ring (bicyclic) bond motifs is 1. The third-order valence-electron chi connectivity index (χ3n) is 4.07. The van der Waals surface area contributed by atoms with Crippen LogP contribution in [0.1, 0.15) is 22.3 Å². The van der Waals surface area contributed by atoms with Crippen LogP contribution in [0.5, 0.6) is 11.5 Å². The molecule has 5 nitrogen and oxygen atoms in total. The summed E-state index contributed by atoms with van der Waals surface area (Å²) >= 11 is 3.43. The lowest BCUT2D eigenvalue weighted by Crippen LogP contribution is -2.15. The van der Waals surface area contributed by atoms with Crippen LogP contribution in [0.3, 0.4) is 0 Å². The van der Waals surface area contributed by atoms with Gasteiger partial charge in [-0.3, -0.25) is 4.79 Å². The van der Waals surface area contributed by atoms with E-state index in [4.69, 9.17) is 9.47 Å². The molecular formula is C20H17BrN2O3. The first-order valence-corrected chi connectivity index (χ1v) is 8.78. The third-order valence-corrected chi connectivity index (χ3v) is 4.76. The van der Waals surface area contributed by atoms with Crippen molar-refractivity contribution in [2.75, 3.05) is 12.1 Å². The van der Waals surface area contributed by atoms with E-state index in [1.807, 2.05) is 39.0 Å². The Labute approximate surface area is 160 Å². The van der Waals surface area contributed by atoms with E-state index in [1.165, 1.54) is 6.08 Å². The smallest absolute Gasteiger partial charge is 0.266 e. The van der Waals surface area contributed by atoms with Crippen LogP contribution in [0.4, 0.5) is 5.69 Å². The van der Waals surface area contributed by atoms with E-state index in [2.05, 4.69) is 21.2 Å². The van der Waals surface area contributed by atoms with Gasteiger partial charge in [0.1, 0.15) is 11.6 Å². The Morgan fingerprint density at radius 1 is 1.15 bits per heavy atom. The lowest BCUT2D eigenvalue weighted by atomic mass is 10.0. The highest BCUT2D eigenvalue weighted by atomic mass is 79.9. The van der Waals surface area contributed by atoms with Gasteiger partial charge in [0.25, 0.3) is 5.91 Å². The second kappa shape index (κ2) is 7.22. The molecule has 1 amide bonds. The van der Waals surface area contributed by atoms with Gasteiger partial charge in [-0.05, 0) is 55.7 Å². The third kappa shape index (κ3) is 3.58. The summed E-state index contributed by atoms with van der Waals surface area (Å²) in [5.74, 6) is 0.761. The molecule has 0 aromatic heterocycles. The summed E-state index contributed by atoms with van der Waals surface area (Å²) < 4.78 is 11.4. The summed E-state index contributed by atoms with van der Waals surface area (Å²) in [6, 6.07) is 9.45. The van der Waals surface area contributed by atoms with Crippen LogP contribution in [0.15, 0.2) is 34.3 Å². The summed E-state index contributed by atoms with van der Waals surface area (Å²) in [5.41, 5.74) is 4.43. The van der Waals surface area contributed by atoms with Gasteiger partial charge in [-0.1, -0.05) is 33.6 Å². The molecule has 2 aromatic rings. The number of aryl methyl sites for hydroxylation is 3. The number of nitriles is 1. The summed E-state index contributed by atoms with van der Waals surface area (Å²) in [5, 5.41) is 12.3. The molecule has 0 aliphatic carbocycles. The second-order valence-corrected chi connectivity index (χ2v) is 6.98. The fourth-order valence-electron chi connectivity index (χ4n) is 2.91. The van der Waals surface area contributed by atoms with Crippen LogP contribution < -0.4 is 14.8 Å². The molecule has 1 aliphatic heterocycles. The van der Waals surface area contributed by atoms with Gasteiger partial charge in [-0.15, -0.1) is 0 Å². The molecule has 26 heavy (non-hydrogen) atoms. The normalized spacial score (nSPS) is 12.7. The maximum absolute atomic E-state index is 12.6. The van der Waals surface area contributed by atoms with Gasteiger partial charge in [0.15, 0.2) is 11.5 Å². The Morgan fingerprint density at radius 3 is 2.38 bits per heavy atom. The van der Waals surface area contributed by atoms with Crippen LogP contribution in [-0.2, 0) is 4.79 Å². The molecule has 0 unspecified atom stereocenters. The lowest BCUT2D eigenvalue weighted by molar-refractivity contribution is -0.112. The van der Waals surface area contributed by atoms with E-state index in [0.29, 0.717) is 21.5 Å². The van der Waals surface area contributed by atoms with Gasteiger partial charge in [0, 0.05) is 10.2 Å². The number of carbonyl (C=O) groups excluding carboxylic acids is 1. The van der Waals surface area contributed by atoms with E-state index in [0.717, 1.165) is 22.4 Å². The van der Waals surface area contributed by atoms with E-state index in [1.54, 1.807) is 12.1 Å². The van der Waals surface area contributed by atoms with Gasteiger partial charge in [-0.25, -0.2) is 0 Å². The van der Waals surface area contributed by atoms with E-state index in [-0.39, 0.29) is 12.4 Å². The van der Waals surface area contributed by atoms with Crippen molar-refractivity contribution in [3.63, 3.8) is 0 Å². The fourth-order valence-corrected chi connectivity index (χ4v) is 3.34. The maximum atomic E-state index is 12.6. The van der Waals surface area contributed by atoms with E-state index in [9.17, 15) is 10.1 Å². The van der Waals surface area contributed by atoms with Crippen LogP contribution in [-0.4, -0.2) is 12.7 Å². The zero-order valence-electron chi connectivity index (χ0n) is 14.6. The molecule has 1 N–H and O–H groups in total.